The molecule has 0 aliphatic carbocycles. The molecule has 1 aromatic carbocycles. The van der Waals surface area contributed by atoms with E-state index in [4.69, 9.17) is 16.0 Å². The van der Waals surface area contributed by atoms with Gasteiger partial charge in [0.1, 0.15) is 5.82 Å². The van der Waals surface area contributed by atoms with Gasteiger partial charge in [-0.15, -0.1) is 10.2 Å². The normalized spacial score (nSPS) is 10.8. The summed E-state index contributed by atoms with van der Waals surface area (Å²) in [5, 5.41) is 10.8. The highest BCUT2D eigenvalue weighted by Gasteiger charge is 2.03. The first kappa shape index (κ1) is 12.0. The Balaban J connectivity index is 1.87. The minimum atomic E-state index is -0.414. The number of benzene rings is 1. The van der Waals surface area contributed by atoms with Crippen LogP contribution in [0, 0.1) is 12.7 Å². The van der Waals surface area contributed by atoms with Crippen molar-refractivity contribution < 1.29 is 8.81 Å². The monoisotopic (exact) mass is 255 g/mol. The maximum atomic E-state index is 12.9. The summed E-state index contributed by atoms with van der Waals surface area (Å²) in [4.78, 5) is 0. The second kappa shape index (κ2) is 5.25. The molecule has 2 aromatic rings. The molecule has 4 nitrogen and oxygen atoms in total. The van der Waals surface area contributed by atoms with Crippen molar-refractivity contribution in [2.24, 2.45) is 0 Å². The van der Waals surface area contributed by atoms with E-state index >= 15 is 0 Å². The molecule has 0 aliphatic rings. The average molecular weight is 256 g/mol. The predicted octanol–water partition coefficient (Wildman–Crippen LogP) is 2.46. The van der Waals surface area contributed by atoms with E-state index < -0.39 is 5.82 Å². The maximum absolute atomic E-state index is 12.9. The lowest BCUT2D eigenvalue weighted by atomic mass is 10.2. The Morgan fingerprint density at radius 1 is 1.35 bits per heavy atom. The molecule has 0 saturated carbocycles. The first-order valence-electron chi connectivity index (χ1n) is 5.09. The van der Waals surface area contributed by atoms with Crippen LogP contribution < -0.4 is 5.32 Å². The van der Waals surface area contributed by atoms with E-state index in [0.717, 1.165) is 5.56 Å². The molecule has 0 radical (unpaired) electrons. The van der Waals surface area contributed by atoms with E-state index in [2.05, 4.69) is 15.5 Å². The van der Waals surface area contributed by atoms with Crippen LogP contribution in [0.15, 0.2) is 22.6 Å². The molecule has 0 aliphatic heterocycles. The van der Waals surface area contributed by atoms with Crippen LogP contribution in [-0.4, -0.2) is 10.2 Å². The summed E-state index contributed by atoms with van der Waals surface area (Å²) in [7, 11) is 0. The predicted molar refractivity (Wildman–Crippen MR) is 61.0 cm³/mol. The third kappa shape index (κ3) is 3.25. The zero-order valence-electron chi connectivity index (χ0n) is 9.20. The van der Waals surface area contributed by atoms with Crippen LogP contribution in [0.5, 0.6) is 0 Å². The van der Waals surface area contributed by atoms with Gasteiger partial charge in [-0.05, 0) is 17.7 Å². The molecule has 0 saturated heterocycles. The maximum Gasteiger partial charge on any atom is 0.230 e. The topological polar surface area (TPSA) is 51.0 Å². The summed E-state index contributed by atoms with van der Waals surface area (Å²) in [6.07, 6.45) is 0. The molecule has 2 rings (SSSR count). The van der Waals surface area contributed by atoms with Crippen molar-refractivity contribution >= 4 is 11.6 Å². The van der Waals surface area contributed by atoms with Gasteiger partial charge in [0.2, 0.25) is 11.8 Å². The third-order valence-electron chi connectivity index (χ3n) is 2.16. The van der Waals surface area contributed by atoms with E-state index in [9.17, 15) is 4.39 Å². The second-order valence-corrected chi connectivity index (χ2v) is 3.97. The van der Waals surface area contributed by atoms with Gasteiger partial charge in [-0.3, -0.25) is 0 Å². The molecule has 1 N–H and O–H groups in total. The van der Waals surface area contributed by atoms with Crippen LogP contribution in [-0.2, 0) is 13.1 Å². The largest absolute Gasteiger partial charge is 0.424 e. The number of rotatable bonds is 4. The van der Waals surface area contributed by atoms with Crippen molar-refractivity contribution in [1.82, 2.24) is 15.5 Å². The Labute approximate surface area is 103 Å². The van der Waals surface area contributed by atoms with E-state index in [-0.39, 0.29) is 5.02 Å². The van der Waals surface area contributed by atoms with Gasteiger partial charge in [0, 0.05) is 13.5 Å². The Bertz CT molecular complexity index is 515. The quantitative estimate of drug-likeness (QED) is 0.912. The van der Waals surface area contributed by atoms with E-state index in [0.29, 0.717) is 24.9 Å². The molecule has 6 heteroatoms. The number of nitrogens with one attached hydrogen (secondary N) is 1. The van der Waals surface area contributed by atoms with Gasteiger partial charge >= 0.3 is 0 Å². The third-order valence-corrected chi connectivity index (χ3v) is 2.45. The van der Waals surface area contributed by atoms with Crippen molar-refractivity contribution in [2.75, 3.05) is 0 Å². The summed E-state index contributed by atoms with van der Waals surface area (Å²) in [5.41, 5.74) is 0.896. The number of halogens is 2. The summed E-state index contributed by atoms with van der Waals surface area (Å²) in [5.74, 6) is 0.644. The van der Waals surface area contributed by atoms with E-state index in [1.165, 1.54) is 6.07 Å². The van der Waals surface area contributed by atoms with Crippen LogP contribution in [0.25, 0.3) is 0 Å². The van der Waals surface area contributed by atoms with Crippen molar-refractivity contribution in [3.63, 3.8) is 0 Å². The van der Waals surface area contributed by atoms with Gasteiger partial charge in [-0.25, -0.2) is 4.39 Å². The lowest BCUT2D eigenvalue weighted by molar-refractivity contribution is 0.446. The summed E-state index contributed by atoms with van der Waals surface area (Å²) >= 11 is 5.67. The van der Waals surface area contributed by atoms with E-state index in [1.807, 2.05) is 0 Å². The molecule has 0 spiro atoms. The van der Waals surface area contributed by atoms with Crippen LogP contribution in [0.4, 0.5) is 4.39 Å². The standard InChI is InChI=1S/C11H11ClFN3O/c1-7-15-16-11(17-7)6-14-5-8-2-3-10(13)9(12)4-8/h2-4,14H,5-6H2,1H3. The second-order valence-electron chi connectivity index (χ2n) is 3.57. The number of aryl methyl sites for hydroxylation is 1. The molecule has 17 heavy (non-hydrogen) atoms. The molecule has 0 fully saturated rings. The highest BCUT2D eigenvalue weighted by molar-refractivity contribution is 6.30. The molecular formula is C11H11ClFN3O. The molecule has 1 aromatic heterocycles. The number of hydrogen-bond acceptors (Lipinski definition) is 4. The Morgan fingerprint density at radius 3 is 2.82 bits per heavy atom. The number of nitrogens with zero attached hydrogens (tertiary/aromatic N) is 2. The molecular weight excluding hydrogens is 245 g/mol. The van der Waals surface area contributed by atoms with Crippen molar-refractivity contribution in [3.8, 4) is 0 Å². The zero-order chi connectivity index (χ0) is 12.3. The summed E-state index contributed by atoms with van der Waals surface area (Å²) < 4.78 is 18.1. The van der Waals surface area contributed by atoms with Gasteiger partial charge in [-0.1, -0.05) is 17.7 Å². The minimum Gasteiger partial charge on any atom is -0.424 e. The molecule has 0 unspecified atom stereocenters. The van der Waals surface area contributed by atoms with Gasteiger partial charge in [-0.2, -0.15) is 0 Å². The molecule has 1 heterocycles. The van der Waals surface area contributed by atoms with Gasteiger partial charge in [0.05, 0.1) is 11.6 Å². The smallest absolute Gasteiger partial charge is 0.230 e. The van der Waals surface area contributed by atoms with Crippen LogP contribution >= 0.6 is 11.6 Å². The lowest BCUT2D eigenvalue weighted by Gasteiger charge is -2.03. The van der Waals surface area contributed by atoms with Crippen LogP contribution in [0.1, 0.15) is 17.3 Å². The summed E-state index contributed by atoms with van der Waals surface area (Å²) in [6.45, 7) is 2.76. The molecule has 0 amide bonds. The SMILES string of the molecule is Cc1nnc(CNCc2ccc(F)c(Cl)c2)o1. The molecule has 0 bridgehead atoms. The van der Waals surface area contributed by atoms with Crippen molar-refractivity contribution in [1.29, 1.82) is 0 Å². The van der Waals surface area contributed by atoms with E-state index in [1.54, 1.807) is 19.1 Å². The molecule has 90 valence electrons. The fraction of sp³-hybridized carbons (Fsp3) is 0.273. The summed E-state index contributed by atoms with van der Waals surface area (Å²) in [6, 6.07) is 4.60. The lowest BCUT2D eigenvalue weighted by Crippen LogP contribution is -2.13. The fourth-order valence-electron chi connectivity index (χ4n) is 1.37. The highest BCUT2D eigenvalue weighted by atomic mass is 35.5. The zero-order valence-corrected chi connectivity index (χ0v) is 9.96. The van der Waals surface area contributed by atoms with Crippen LogP contribution in [0.2, 0.25) is 5.02 Å². The van der Waals surface area contributed by atoms with Crippen LogP contribution in [0.3, 0.4) is 0 Å². The van der Waals surface area contributed by atoms with Gasteiger partial charge < -0.3 is 9.73 Å². The average Bonchev–Trinajstić information content (AvgIpc) is 2.70. The Kier molecular flexibility index (Phi) is 3.71. The Hall–Kier alpha value is -1.46. The van der Waals surface area contributed by atoms with Crippen molar-refractivity contribution in [2.45, 2.75) is 20.0 Å². The van der Waals surface area contributed by atoms with Gasteiger partial charge in [0.25, 0.3) is 0 Å². The highest BCUT2D eigenvalue weighted by Crippen LogP contribution is 2.15. The van der Waals surface area contributed by atoms with Crippen molar-refractivity contribution in [3.05, 3.63) is 46.4 Å². The fourth-order valence-corrected chi connectivity index (χ4v) is 1.58. The minimum absolute atomic E-state index is 0.123. The number of aromatic nitrogens is 2. The first-order valence-corrected chi connectivity index (χ1v) is 5.46. The number of hydrogen-bond donors (Lipinski definition) is 1. The first-order chi connectivity index (χ1) is 8.15. The molecule has 0 atom stereocenters. The van der Waals surface area contributed by atoms with Gasteiger partial charge in [0.15, 0.2) is 0 Å². The Morgan fingerprint density at radius 2 is 2.18 bits per heavy atom.